The maximum Gasteiger partial charge on any atom is 0.435 e. The number of allylic oxidation sites excluding steroid dienone is 4. The maximum atomic E-state index is 12.6. The Morgan fingerprint density at radius 3 is 1.72 bits per heavy atom. The fourth-order valence-corrected chi connectivity index (χ4v) is 1.79. The van der Waals surface area contributed by atoms with Gasteiger partial charge in [0.1, 0.15) is 22.3 Å². The molecule has 0 bridgehead atoms. The molecule has 0 spiro atoms. The standard InChI is InChI=1S/C9H11F4N3O.C7H7BrF3N3O/c1-2-3-4-15-8(17)16-7(6(10)5-14)9(11,12)13;1-2-13-6(15)14-5(4(8)3-12)7(9,10)11/h2-4H2,1H3,(H2,15,16,17);2H2,1H3,(H2,13,14,15). The van der Waals surface area contributed by atoms with Gasteiger partial charge in [0.05, 0.1) is 0 Å². The molecule has 8 nitrogen and oxygen atoms in total. The zero-order valence-electron chi connectivity index (χ0n) is 16.6. The Balaban J connectivity index is 0. The number of nitriles is 2. The van der Waals surface area contributed by atoms with Crippen LogP contribution in [0.25, 0.3) is 0 Å². The van der Waals surface area contributed by atoms with Crippen LogP contribution in [0.1, 0.15) is 26.7 Å². The molecular formula is C16H18BrF7N6O2. The Bertz CT molecular complexity index is 795. The van der Waals surface area contributed by atoms with E-state index in [-0.39, 0.29) is 13.1 Å². The van der Waals surface area contributed by atoms with E-state index >= 15 is 0 Å². The quantitative estimate of drug-likeness (QED) is 0.227. The van der Waals surface area contributed by atoms with Gasteiger partial charge in [0, 0.05) is 13.1 Å². The van der Waals surface area contributed by atoms with Crippen molar-refractivity contribution in [3.8, 4) is 12.1 Å². The second kappa shape index (κ2) is 14.9. The molecule has 4 N–H and O–H groups in total. The van der Waals surface area contributed by atoms with E-state index in [1.807, 2.05) is 6.92 Å². The van der Waals surface area contributed by atoms with E-state index in [1.165, 1.54) is 11.4 Å². The van der Waals surface area contributed by atoms with Crippen molar-refractivity contribution in [1.82, 2.24) is 21.3 Å². The number of hydrogen-bond donors (Lipinski definition) is 4. The van der Waals surface area contributed by atoms with Crippen LogP contribution in [0.4, 0.5) is 40.3 Å². The van der Waals surface area contributed by atoms with Crippen molar-refractivity contribution in [3.05, 3.63) is 21.7 Å². The number of amides is 4. The Hall–Kier alpha value is -3.01. The van der Waals surface area contributed by atoms with Crippen LogP contribution in [0.3, 0.4) is 0 Å². The number of nitrogens with zero attached hydrogens (tertiary/aromatic N) is 2. The van der Waals surface area contributed by atoms with Gasteiger partial charge in [0.2, 0.25) is 5.83 Å². The minimum atomic E-state index is -5.12. The molecule has 0 fully saturated rings. The van der Waals surface area contributed by atoms with Gasteiger partial charge in [-0.15, -0.1) is 0 Å². The van der Waals surface area contributed by atoms with Crippen LogP contribution >= 0.6 is 15.9 Å². The summed E-state index contributed by atoms with van der Waals surface area (Å²) < 4.78 is 85.3. The van der Waals surface area contributed by atoms with Gasteiger partial charge in [-0.3, -0.25) is 0 Å². The number of carbonyl (C=O) groups excluding carboxylic acids is 2. The fraction of sp³-hybridized carbons (Fsp3) is 0.500. The lowest BCUT2D eigenvalue weighted by Crippen LogP contribution is -2.40. The highest BCUT2D eigenvalue weighted by Crippen LogP contribution is 2.28. The normalized spacial score (nSPS) is 12.5. The largest absolute Gasteiger partial charge is 0.435 e. The summed E-state index contributed by atoms with van der Waals surface area (Å²) in [5, 5.41) is 23.4. The van der Waals surface area contributed by atoms with Crippen LogP contribution in [0.5, 0.6) is 0 Å². The van der Waals surface area contributed by atoms with E-state index in [0.717, 1.165) is 6.42 Å². The molecule has 16 heteroatoms. The molecular weight excluding hydrogens is 521 g/mol. The second-order valence-electron chi connectivity index (χ2n) is 5.32. The van der Waals surface area contributed by atoms with Crippen molar-refractivity contribution in [3.63, 3.8) is 0 Å². The number of nitrogens with one attached hydrogen (secondary N) is 4. The number of carbonyl (C=O) groups is 2. The first-order valence-electron chi connectivity index (χ1n) is 8.49. The predicted molar refractivity (Wildman–Crippen MR) is 101 cm³/mol. The van der Waals surface area contributed by atoms with Gasteiger partial charge in [0.25, 0.3) is 0 Å². The Morgan fingerprint density at radius 1 is 0.875 bits per heavy atom. The van der Waals surface area contributed by atoms with E-state index in [4.69, 9.17) is 10.5 Å². The number of alkyl halides is 6. The van der Waals surface area contributed by atoms with Crippen LogP contribution in [-0.2, 0) is 0 Å². The van der Waals surface area contributed by atoms with E-state index in [1.54, 1.807) is 12.2 Å². The van der Waals surface area contributed by atoms with Gasteiger partial charge in [-0.05, 0) is 29.3 Å². The summed E-state index contributed by atoms with van der Waals surface area (Å²) in [4.78, 5) is 21.8. The Labute approximate surface area is 186 Å². The Kier molecular flexibility index (Phi) is 14.5. The highest BCUT2D eigenvalue weighted by Gasteiger charge is 2.39. The first kappa shape index (κ1) is 31.2. The molecule has 0 radical (unpaired) electrons. The van der Waals surface area contributed by atoms with E-state index in [0.29, 0.717) is 12.5 Å². The van der Waals surface area contributed by atoms with Crippen molar-refractivity contribution in [2.24, 2.45) is 0 Å². The first-order valence-corrected chi connectivity index (χ1v) is 9.28. The molecule has 0 rings (SSSR count). The zero-order valence-corrected chi connectivity index (χ0v) is 18.1. The molecule has 180 valence electrons. The fourth-order valence-electron chi connectivity index (χ4n) is 1.47. The van der Waals surface area contributed by atoms with Crippen LogP contribution in [0.15, 0.2) is 21.7 Å². The summed E-state index contributed by atoms with van der Waals surface area (Å²) in [5.41, 5.74) is -3.41. The molecule has 4 amide bonds. The van der Waals surface area contributed by atoms with E-state index in [2.05, 4.69) is 26.6 Å². The third-order valence-corrected chi connectivity index (χ3v) is 3.41. The number of hydrogen-bond acceptors (Lipinski definition) is 4. The highest BCUT2D eigenvalue weighted by atomic mass is 79.9. The molecule has 0 aromatic carbocycles. The minimum Gasteiger partial charge on any atom is -0.338 e. The van der Waals surface area contributed by atoms with E-state index in [9.17, 15) is 40.3 Å². The van der Waals surface area contributed by atoms with Crippen molar-refractivity contribution >= 4 is 28.0 Å². The maximum absolute atomic E-state index is 12.6. The molecule has 0 saturated carbocycles. The van der Waals surface area contributed by atoms with Gasteiger partial charge < -0.3 is 21.3 Å². The molecule has 0 atom stereocenters. The van der Waals surface area contributed by atoms with Crippen molar-refractivity contribution in [2.45, 2.75) is 39.0 Å². The number of unbranched alkanes of at least 4 members (excludes halogenated alkanes) is 1. The number of urea groups is 2. The molecule has 32 heavy (non-hydrogen) atoms. The summed E-state index contributed by atoms with van der Waals surface area (Å²) in [6.45, 7) is 3.73. The highest BCUT2D eigenvalue weighted by molar-refractivity contribution is 9.12. The van der Waals surface area contributed by atoms with Gasteiger partial charge in [-0.1, -0.05) is 13.3 Å². The predicted octanol–water partition coefficient (Wildman–Crippen LogP) is 4.35. The van der Waals surface area contributed by atoms with E-state index < -0.39 is 46.1 Å². The lowest BCUT2D eigenvalue weighted by atomic mass is 10.3. The lowest BCUT2D eigenvalue weighted by molar-refractivity contribution is -0.0974. The van der Waals surface area contributed by atoms with Gasteiger partial charge in [-0.25, -0.2) is 9.59 Å². The number of halogens is 8. The average Bonchev–Trinajstić information content (AvgIpc) is 2.68. The monoisotopic (exact) mass is 538 g/mol. The smallest absolute Gasteiger partial charge is 0.338 e. The summed E-state index contributed by atoms with van der Waals surface area (Å²) >= 11 is 2.41. The lowest BCUT2D eigenvalue weighted by Gasteiger charge is -2.13. The minimum absolute atomic E-state index is 0.168. The molecule has 0 unspecified atom stereocenters. The second-order valence-corrected chi connectivity index (χ2v) is 6.11. The van der Waals surface area contributed by atoms with Crippen LogP contribution < -0.4 is 21.3 Å². The molecule has 0 heterocycles. The van der Waals surface area contributed by atoms with Crippen LogP contribution in [-0.4, -0.2) is 37.5 Å². The van der Waals surface area contributed by atoms with Crippen molar-refractivity contribution in [1.29, 1.82) is 10.5 Å². The summed E-state index contributed by atoms with van der Waals surface area (Å²) in [6.07, 6.45) is -8.59. The third-order valence-electron chi connectivity index (χ3n) is 2.83. The Morgan fingerprint density at radius 2 is 1.34 bits per heavy atom. The first-order chi connectivity index (χ1) is 14.6. The van der Waals surface area contributed by atoms with Gasteiger partial charge in [-0.2, -0.15) is 41.3 Å². The third kappa shape index (κ3) is 13.3. The van der Waals surface area contributed by atoms with Gasteiger partial charge >= 0.3 is 24.4 Å². The summed E-state index contributed by atoms with van der Waals surface area (Å²) in [5.74, 6) is -2.08. The summed E-state index contributed by atoms with van der Waals surface area (Å²) in [6, 6.07) is -0.267. The number of rotatable bonds is 6. The molecule has 0 aliphatic rings. The molecule has 0 aromatic heterocycles. The van der Waals surface area contributed by atoms with Crippen LogP contribution in [0.2, 0.25) is 0 Å². The SMILES string of the molecule is CCCCNC(=O)NC(=C(F)C#N)C(F)(F)F.CCNC(=O)NC(=C(Br)C#N)C(F)(F)F. The molecule has 0 aliphatic heterocycles. The molecule has 0 aliphatic carbocycles. The van der Waals surface area contributed by atoms with Gasteiger partial charge in [0.15, 0.2) is 5.70 Å². The van der Waals surface area contributed by atoms with Crippen molar-refractivity contribution in [2.75, 3.05) is 13.1 Å². The topological polar surface area (TPSA) is 130 Å². The average molecular weight is 539 g/mol. The van der Waals surface area contributed by atoms with Crippen molar-refractivity contribution < 1.29 is 40.3 Å². The van der Waals surface area contributed by atoms with Crippen LogP contribution in [0, 0.1) is 22.7 Å². The zero-order chi connectivity index (χ0) is 25.5. The summed E-state index contributed by atoms with van der Waals surface area (Å²) in [7, 11) is 0. The molecule has 0 aromatic rings. The molecule has 0 saturated heterocycles.